The van der Waals surface area contributed by atoms with Gasteiger partial charge in [0.2, 0.25) is 0 Å². The van der Waals surface area contributed by atoms with E-state index < -0.39 is 35.6 Å². The Morgan fingerprint density at radius 1 is 1.29 bits per heavy atom. The van der Waals surface area contributed by atoms with Crippen LogP contribution in [0.5, 0.6) is 0 Å². The molecule has 11 heteroatoms. The fourth-order valence-corrected chi connectivity index (χ4v) is 1.20. The molecule has 0 unspecified atom stereocenters. The van der Waals surface area contributed by atoms with Gasteiger partial charge in [-0.1, -0.05) is 10.8 Å². The molecule has 11 nitrogen and oxygen atoms in total. The maximum atomic E-state index is 11.8. The predicted molar refractivity (Wildman–Crippen MR) is 66.0 cm³/mol. The van der Waals surface area contributed by atoms with Crippen LogP contribution < -0.4 is 21.9 Å². The van der Waals surface area contributed by atoms with Gasteiger partial charge in [0.1, 0.15) is 6.54 Å². The number of nitrogens with zero attached hydrogens (tertiary/aromatic N) is 2. The van der Waals surface area contributed by atoms with Crippen LogP contribution in [-0.4, -0.2) is 41.5 Å². The molecule has 0 aliphatic rings. The van der Waals surface area contributed by atoms with Crippen molar-refractivity contribution in [3.8, 4) is 0 Å². The third kappa shape index (κ3) is 3.98. The average molecular weight is 303 g/mol. The number of allylic oxidation sites excluding steroid dienone is 1. The molecular weight excluding hydrogens is 290 g/mol. The fraction of sp³-hybridized carbons (Fsp3) is 0.400. The molecule has 0 aromatic carbocycles. The summed E-state index contributed by atoms with van der Waals surface area (Å²) in [7, 11) is 0. The van der Waals surface area contributed by atoms with Crippen LogP contribution in [0.4, 0.5) is 0 Å². The molecule has 0 aliphatic heterocycles. The first-order chi connectivity index (χ1) is 9.56. The summed E-state index contributed by atoms with van der Waals surface area (Å²) >= 11 is 0. The zero-order chi connectivity index (χ0) is 16.4. The number of aromatic amines is 1. The SMILES string of the molecule is CC=C(C)C(=O)On1c(=O)[nH]c(=O)n(CC(O)(O)O)c1=O. The van der Waals surface area contributed by atoms with Crippen molar-refractivity contribution in [1.82, 2.24) is 14.3 Å². The second-order valence-electron chi connectivity index (χ2n) is 4.02. The topological polar surface area (TPSA) is 164 Å². The first-order valence-corrected chi connectivity index (χ1v) is 5.55. The Hall–Kier alpha value is -2.50. The van der Waals surface area contributed by atoms with E-state index >= 15 is 0 Å². The highest BCUT2D eigenvalue weighted by atomic mass is 16.7. The lowest BCUT2D eigenvalue weighted by atomic mass is 10.3. The zero-order valence-electron chi connectivity index (χ0n) is 11.1. The highest BCUT2D eigenvalue weighted by molar-refractivity contribution is 5.87. The van der Waals surface area contributed by atoms with Gasteiger partial charge in [0, 0.05) is 5.57 Å². The van der Waals surface area contributed by atoms with Gasteiger partial charge in [0.15, 0.2) is 0 Å². The fourth-order valence-electron chi connectivity index (χ4n) is 1.20. The van der Waals surface area contributed by atoms with Crippen molar-refractivity contribution in [2.24, 2.45) is 0 Å². The van der Waals surface area contributed by atoms with Crippen molar-refractivity contribution in [1.29, 1.82) is 0 Å². The molecule has 0 spiro atoms. The van der Waals surface area contributed by atoms with Gasteiger partial charge in [-0.05, 0) is 13.8 Å². The van der Waals surface area contributed by atoms with Crippen molar-refractivity contribution in [2.45, 2.75) is 26.4 Å². The molecule has 0 saturated heterocycles. The van der Waals surface area contributed by atoms with E-state index in [4.69, 9.17) is 15.3 Å². The average Bonchev–Trinajstić information content (AvgIpc) is 2.37. The summed E-state index contributed by atoms with van der Waals surface area (Å²) in [6, 6.07) is 0. The second kappa shape index (κ2) is 5.87. The molecule has 0 atom stereocenters. The van der Waals surface area contributed by atoms with Gasteiger partial charge >= 0.3 is 23.0 Å². The summed E-state index contributed by atoms with van der Waals surface area (Å²) in [5.41, 5.74) is -4.04. The van der Waals surface area contributed by atoms with Crippen molar-refractivity contribution in [3.05, 3.63) is 43.1 Å². The van der Waals surface area contributed by atoms with Gasteiger partial charge in [-0.3, -0.25) is 4.98 Å². The van der Waals surface area contributed by atoms with Crippen molar-refractivity contribution < 1.29 is 25.0 Å². The summed E-state index contributed by atoms with van der Waals surface area (Å²) in [5, 5.41) is 26.3. The molecule has 4 N–H and O–H groups in total. The van der Waals surface area contributed by atoms with Gasteiger partial charge in [-0.2, -0.15) is 0 Å². The van der Waals surface area contributed by atoms with Crippen molar-refractivity contribution in [2.75, 3.05) is 0 Å². The molecule has 1 aromatic rings. The van der Waals surface area contributed by atoms with E-state index in [0.717, 1.165) is 0 Å². The molecule has 0 fully saturated rings. The Morgan fingerprint density at radius 3 is 2.33 bits per heavy atom. The molecule has 1 heterocycles. The smallest absolute Gasteiger partial charge is 0.342 e. The molecule has 1 aromatic heterocycles. The number of rotatable bonds is 4. The molecule has 0 amide bonds. The third-order valence-electron chi connectivity index (χ3n) is 2.35. The van der Waals surface area contributed by atoms with Crippen LogP contribution in [0, 0.1) is 0 Å². The summed E-state index contributed by atoms with van der Waals surface area (Å²) < 4.78 is -0.0118. The second-order valence-corrected chi connectivity index (χ2v) is 4.02. The zero-order valence-corrected chi connectivity index (χ0v) is 11.1. The molecule has 0 bridgehead atoms. The lowest BCUT2D eigenvalue weighted by molar-refractivity contribution is -0.319. The van der Waals surface area contributed by atoms with Gasteiger partial charge in [0.25, 0.3) is 5.97 Å². The Labute approximate surface area is 115 Å². The standard InChI is InChI=1S/C10H13N3O8/c1-3-5(2)6(14)21-13-8(16)11-7(15)12(9(13)17)4-10(18,19)20/h3,18-20H,4H2,1-2H3,(H,11,15,16). The Kier molecular flexibility index (Phi) is 4.62. The molecular formula is C10H13N3O8. The van der Waals surface area contributed by atoms with Crippen LogP contribution in [0.15, 0.2) is 26.0 Å². The number of nitrogens with one attached hydrogen (secondary N) is 1. The molecule has 116 valence electrons. The number of hydrogen-bond donors (Lipinski definition) is 4. The van der Waals surface area contributed by atoms with Gasteiger partial charge in [-0.25, -0.2) is 23.7 Å². The summed E-state index contributed by atoms with van der Waals surface area (Å²) in [5.74, 6) is -4.40. The van der Waals surface area contributed by atoms with Crippen LogP contribution in [0.25, 0.3) is 0 Å². The van der Waals surface area contributed by atoms with E-state index in [1.165, 1.54) is 19.9 Å². The predicted octanol–water partition coefficient (Wildman–Crippen LogP) is -3.75. The lowest BCUT2D eigenvalue weighted by Crippen LogP contribution is -2.55. The number of H-pyrrole nitrogens is 1. The molecule has 0 saturated carbocycles. The van der Waals surface area contributed by atoms with Gasteiger partial charge in [0.05, 0.1) is 0 Å². The molecule has 21 heavy (non-hydrogen) atoms. The van der Waals surface area contributed by atoms with Crippen LogP contribution in [0.2, 0.25) is 0 Å². The number of carbonyl (C=O) groups is 1. The third-order valence-corrected chi connectivity index (χ3v) is 2.35. The van der Waals surface area contributed by atoms with Crippen LogP contribution in [0.1, 0.15) is 13.8 Å². The Balaban J connectivity index is 3.39. The number of carbonyl (C=O) groups excluding carboxylic acids is 1. The van der Waals surface area contributed by atoms with Gasteiger partial charge in [-0.15, -0.1) is 0 Å². The minimum atomic E-state index is -3.37. The van der Waals surface area contributed by atoms with E-state index in [2.05, 4.69) is 4.84 Å². The number of aromatic nitrogens is 3. The van der Waals surface area contributed by atoms with Crippen LogP contribution in [0.3, 0.4) is 0 Å². The maximum Gasteiger partial charge on any atom is 0.370 e. The molecule has 0 aliphatic carbocycles. The largest absolute Gasteiger partial charge is 0.370 e. The first-order valence-electron chi connectivity index (χ1n) is 5.55. The first kappa shape index (κ1) is 16.6. The lowest BCUT2D eigenvalue weighted by Gasteiger charge is -2.15. The minimum absolute atomic E-state index is 0.0691. The Bertz CT molecular complexity index is 745. The molecule has 1 rings (SSSR count). The minimum Gasteiger partial charge on any atom is -0.342 e. The summed E-state index contributed by atoms with van der Waals surface area (Å²) in [6.45, 7) is 1.61. The normalized spacial score (nSPS) is 12.3. The van der Waals surface area contributed by atoms with E-state index in [1.54, 1.807) is 4.98 Å². The van der Waals surface area contributed by atoms with E-state index in [0.29, 0.717) is 0 Å². The quantitative estimate of drug-likeness (QED) is 0.325. The van der Waals surface area contributed by atoms with Crippen LogP contribution in [-0.2, 0) is 11.3 Å². The summed E-state index contributed by atoms with van der Waals surface area (Å²) in [4.78, 5) is 52.2. The van der Waals surface area contributed by atoms with E-state index in [9.17, 15) is 19.2 Å². The van der Waals surface area contributed by atoms with E-state index in [1.807, 2.05) is 0 Å². The highest BCUT2D eigenvalue weighted by Gasteiger charge is 2.24. The Morgan fingerprint density at radius 2 is 1.86 bits per heavy atom. The van der Waals surface area contributed by atoms with Crippen LogP contribution >= 0.6 is 0 Å². The monoisotopic (exact) mass is 303 g/mol. The van der Waals surface area contributed by atoms with Crippen molar-refractivity contribution >= 4 is 5.97 Å². The molecule has 0 radical (unpaired) electrons. The summed E-state index contributed by atoms with van der Waals surface area (Å²) in [6.07, 6.45) is 1.36. The number of hydrogen-bond acceptors (Lipinski definition) is 8. The number of aliphatic hydroxyl groups is 3. The highest BCUT2D eigenvalue weighted by Crippen LogP contribution is 1.93. The van der Waals surface area contributed by atoms with E-state index in [-0.39, 0.29) is 14.9 Å². The van der Waals surface area contributed by atoms with Crippen molar-refractivity contribution in [3.63, 3.8) is 0 Å². The maximum absolute atomic E-state index is 11.8. The van der Waals surface area contributed by atoms with Gasteiger partial charge < -0.3 is 20.2 Å².